The van der Waals surface area contributed by atoms with Gasteiger partial charge >= 0.3 is 0 Å². The molecule has 0 spiro atoms. The molecular formula is C26H34N6O4. The molecule has 2 aromatic rings. The second kappa shape index (κ2) is 11.0. The van der Waals surface area contributed by atoms with Gasteiger partial charge in [-0.3, -0.25) is 19.2 Å². The Morgan fingerprint density at radius 2 is 2.03 bits per heavy atom. The normalized spacial score (nSPS) is 22.5. The quantitative estimate of drug-likeness (QED) is 0.506. The van der Waals surface area contributed by atoms with Gasteiger partial charge in [-0.2, -0.15) is 10.2 Å². The highest BCUT2D eigenvalue weighted by Gasteiger charge is 2.42. The smallest absolute Gasteiger partial charge is 0.243 e. The van der Waals surface area contributed by atoms with Crippen molar-refractivity contribution in [1.29, 1.82) is 0 Å². The fourth-order valence-electron chi connectivity index (χ4n) is 5.28. The second-order valence-corrected chi connectivity index (χ2v) is 9.91. The van der Waals surface area contributed by atoms with Crippen LogP contribution in [0, 0.1) is 11.8 Å². The Hall–Kier alpha value is -3.56. The third-order valence-electron chi connectivity index (χ3n) is 7.39. The number of amides is 3. The van der Waals surface area contributed by atoms with E-state index in [0.29, 0.717) is 19.5 Å². The van der Waals surface area contributed by atoms with Gasteiger partial charge in [-0.25, -0.2) is 0 Å². The minimum Gasteiger partial charge on any atom is -0.352 e. The monoisotopic (exact) mass is 494 g/mol. The van der Waals surface area contributed by atoms with Crippen molar-refractivity contribution in [2.75, 3.05) is 0 Å². The zero-order chi connectivity index (χ0) is 25.8. The van der Waals surface area contributed by atoms with Crippen molar-refractivity contribution in [1.82, 2.24) is 30.7 Å². The average Bonchev–Trinajstić information content (AvgIpc) is 3.20. The summed E-state index contributed by atoms with van der Waals surface area (Å²) in [6.07, 6.45) is 7.27. The number of hydrogen-bond acceptors (Lipinski definition) is 6. The fraction of sp³-hybridized carbons (Fsp3) is 0.538. The molecule has 0 saturated carbocycles. The molecule has 192 valence electrons. The number of carbonyl (C=O) groups excluding carboxylic acids is 4. The number of hydrogen-bond donors (Lipinski definition) is 3. The Labute approximate surface area is 210 Å². The Morgan fingerprint density at radius 3 is 2.72 bits per heavy atom. The first-order chi connectivity index (χ1) is 17.3. The molecule has 1 aliphatic heterocycles. The first-order valence-electron chi connectivity index (χ1n) is 12.6. The van der Waals surface area contributed by atoms with Crippen LogP contribution in [0.3, 0.4) is 0 Å². The number of aryl methyl sites for hydroxylation is 1. The molecule has 10 nitrogen and oxygen atoms in total. The van der Waals surface area contributed by atoms with Gasteiger partial charge in [0.2, 0.25) is 17.7 Å². The molecule has 2 aromatic heterocycles. The van der Waals surface area contributed by atoms with E-state index in [0.717, 1.165) is 29.7 Å². The Balaban J connectivity index is 1.51. The van der Waals surface area contributed by atoms with E-state index in [4.69, 9.17) is 0 Å². The van der Waals surface area contributed by atoms with Crippen LogP contribution in [0.4, 0.5) is 0 Å². The first kappa shape index (κ1) is 25.5. The molecule has 3 heterocycles. The van der Waals surface area contributed by atoms with Gasteiger partial charge < -0.3 is 20.5 Å². The van der Waals surface area contributed by atoms with Crippen LogP contribution in [0.25, 0.3) is 0 Å². The molecule has 0 saturated heterocycles. The van der Waals surface area contributed by atoms with Crippen LogP contribution in [-0.4, -0.2) is 50.4 Å². The molecule has 0 fully saturated rings. The van der Waals surface area contributed by atoms with E-state index >= 15 is 0 Å². The van der Waals surface area contributed by atoms with Crippen LogP contribution in [0.1, 0.15) is 62.8 Å². The lowest BCUT2D eigenvalue weighted by molar-refractivity contribution is -0.132. The van der Waals surface area contributed by atoms with E-state index in [1.165, 1.54) is 6.92 Å². The predicted octanol–water partition coefficient (Wildman–Crippen LogP) is 1.25. The van der Waals surface area contributed by atoms with E-state index in [1.54, 1.807) is 18.5 Å². The number of nitrogens with zero attached hydrogens (tertiary/aromatic N) is 3. The zero-order valence-electron chi connectivity index (χ0n) is 21.0. The highest BCUT2D eigenvalue weighted by atomic mass is 16.2. The van der Waals surface area contributed by atoms with E-state index in [1.807, 2.05) is 30.7 Å². The molecule has 0 aromatic carbocycles. The van der Waals surface area contributed by atoms with Crippen LogP contribution < -0.4 is 16.0 Å². The molecule has 3 amide bonds. The van der Waals surface area contributed by atoms with Crippen molar-refractivity contribution < 1.29 is 19.2 Å². The highest BCUT2D eigenvalue weighted by molar-refractivity contribution is 5.93. The molecule has 2 aliphatic rings. The molecule has 4 rings (SSSR count). The third kappa shape index (κ3) is 5.47. The fourth-order valence-corrected chi connectivity index (χ4v) is 5.28. The van der Waals surface area contributed by atoms with Gasteiger partial charge in [0.1, 0.15) is 11.8 Å². The van der Waals surface area contributed by atoms with Gasteiger partial charge in [0.05, 0.1) is 18.0 Å². The summed E-state index contributed by atoms with van der Waals surface area (Å²) in [7, 11) is 0. The number of ketones is 1. The van der Waals surface area contributed by atoms with Crippen molar-refractivity contribution >= 4 is 23.5 Å². The van der Waals surface area contributed by atoms with Crippen molar-refractivity contribution in [3.05, 3.63) is 47.5 Å². The number of carbonyl (C=O) groups is 4. The molecule has 0 bridgehead atoms. The first-order valence-corrected chi connectivity index (χ1v) is 12.6. The minimum atomic E-state index is -0.664. The third-order valence-corrected chi connectivity index (χ3v) is 7.39. The van der Waals surface area contributed by atoms with Crippen LogP contribution >= 0.6 is 0 Å². The van der Waals surface area contributed by atoms with Crippen LogP contribution in [0.2, 0.25) is 0 Å². The maximum absolute atomic E-state index is 13.6. The lowest BCUT2D eigenvalue weighted by Gasteiger charge is -2.34. The lowest BCUT2D eigenvalue weighted by Crippen LogP contribution is -2.54. The van der Waals surface area contributed by atoms with E-state index in [-0.39, 0.29) is 35.8 Å². The van der Waals surface area contributed by atoms with Crippen molar-refractivity contribution in [3.8, 4) is 0 Å². The van der Waals surface area contributed by atoms with Gasteiger partial charge in [-0.15, -0.1) is 0 Å². The molecule has 1 aliphatic carbocycles. The van der Waals surface area contributed by atoms with E-state index < -0.39 is 23.9 Å². The van der Waals surface area contributed by atoms with Gasteiger partial charge in [0.25, 0.3) is 0 Å². The average molecular weight is 495 g/mol. The molecule has 5 atom stereocenters. The van der Waals surface area contributed by atoms with E-state index in [9.17, 15) is 19.2 Å². The van der Waals surface area contributed by atoms with Crippen LogP contribution in [-0.2, 0) is 38.7 Å². The summed E-state index contributed by atoms with van der Waals surface area (Å²) in [6.45, 7) is 6.00. The second-order valence-electron chi connectivity index (χ2n) is 9.91. The zero-order valence-corrected chi connectivity index (χ0v) is 21.0. The van der Waals surface area contributed by atoms with Gasteiger partial charge in [0, 0.05) is 50.6 Å². The summed E-state index contributed by atoms with van der Waals surface area (Å²) in [5, 5.41) is 16.3. The predicted molar refractivity (Wildman–Crippen MR) is 131 cm³/mol. The van der Waals surface area contributed by atoms with E-state index in [2.05, 4.69) is 26.1 Å². The largest absolute Gasteiger partial charge is 0.352 e. The summed E-state index contributed by atoms with van der Waals surface area (Å²) in [4.78, 5) is 51.6. The molecule has 36 heavy (non-hydrogen) atoms. The summed E-state index contributed by atoms with van der Waals surface area (Å²) in [5.41, 5.74) is 2.81. The molecular weight excluding hydrogens is 460 g/mol. The van der Waals surface area contributed by atoms with Gasteiger partial charge in [0.15, 0.2) is 0 Å². The maximum atomic E-state index is 13.6. The van der Waals surface area contributed by atoms with Crippen molar-refractivity contribution in [2.24, 2.45) is 11.8 Å². The Bertz CT molecular complexity index is 1130. The molecule has 0 radical (unpaired) electrons. The van der Waals surface area contributed by atoms with Gasteiger partial charge in [-0.05, 0) is 42.0 Å². The summed E-state index contributed by atoms with van der Waals surface area (Å²) in [6, 6.07) is 2.73. The maximum Gasteiger partial charge on any atom is 0.243 e. The summed E-state index contributed by atoms with van der Waals surface area (Å²) >= 11 is 0. The molecule has 1 unspecified atom stereocenters. The van der Waals surface area contributed by atoms with Crippen molar-refractivity contribution in [2.45, 2.75) is 77.5 Å². The number of aromatic nitrogens is 3. The minimum absolute atomic E-state index is 0.0505. The molecule has 10 heteroatoms. The lowest BCUT2D eigenvalue weighted by atomic mass is 9.79. The Morgan fingerprint density at radius 1 is 1.22 bits per heavy atom. The van der Waals surface area contributed by atoms with Gasteiger partial charge in [-0.1, -0.05) is 20.3 Å². The van der Waals surface area contributed by atoms with Crippen molar-refractivity contribution in [3.63, 3.8) is 0 Å². The summed E-state index contributed by atoms with van der Waals surface area (Å²) < 4.78 is 2.00. The highest BCUT2D eigenvalue weighted by Crippen LogP contribution is 2.38. The van der Waals surface area contributed by atoms with Crippen LogP contribution in [0.5, 0.6) is 0 Å². The number of Topliss-reactive ketones (excluding diaryl/α,β-unsaturated/α-hetero) is 1. The number of nitrogens with one attached hydrogen (secondary N) is 3. The topological polar surface area (TPSA) is 135 Å². The molecule has 3 N–H and O–H groups in total. The SMILES string of the molecule is CC[C@H](C)[C@H](NC(C)=O)C(=O)N[C@H]1CCc2ccn3c2C1C(=O)C[C@H](C(=O)NCc1ccnnc1)C3. The standard InChI is InChI=1S/C26H34N6O4/c1-4-15(2)23(30-16(3)33)26(36)31-20-6-5-18-8-10-32-14-19(11-21(34)22(20)24(18)32)25(35)27-12-17-7-9-28-29-13-17/h7-10,13,15,19-20,22-23H,4-6,11-12,14H2,1-3H3,(H,27,35)(H,30,33)(H,31,36)/t15-,19-,20-,22?,23-/m0/s1. The Kier molecular flexibility index (Phi) is 7.81. The van der Waals surface area contributed by atoms with Crippen LogP contribution in [0.15, 0.2) is 30.7 Å². The summed E-state index contributed by atoms with van der Waals surface area (Å²) in [5.74, 6) is -1.87. The number of rotatable bonds is 8.